The highest BCUT2D eigenvalue weighted by atomic mass is 32.1. The molecule has 0 aromatic carbocycles. The predicted octanol–water partition coefficient (Wildman–Crippen LogP) is 3.14. The molecule has 4 heterocycles. The van der Waals surface area contributed by atoms with Crippen molar-refractivity contribution in [3.05, 3.63) is 33.8 Å². The lowest BCUT2D eigenvalue weighted by atomic mass is 9.85. The van der Waals surface area contributed by atoms with Crippen molar-refractivity contribution in [2.75, 3.05) is 25.0 Å². The summed E-state index contributed by atoms with van der Waals surface area (Å²) >= 11 is 1.78. The van der Waals surface area contributed by atoms with Gasteiger partial charge in [-0.2, -0.15) is 0 Å². The largest absolute Gasteiger partial charge is 0.369 e. The van der Waals surface area contributed by atoms with Gasteiger partial charge in [0.25, 0.3) is 0 Å². The van der Waals surface area contributed by atoms with Crippen molar-refractivity contribution >= 4 is 23.1 Å². The van der Waals surface area contributed by atoms with Crippen LogP contribution in [-0.2, 0) is 16.8 Å². The number of piperidine rings is 1. The predicted molar refractivity (Wildman–Crippen MR) is 86.7 cm³/mol. The summed E-state index contributed by atoms with van der Waals surface area (Å²) < 4.78 is 11.0. The van der Waals surface area contributed by atoms with E-state index in [9.17, 15) is 4.79 Å². The van der Waals surface area contributed by atoms with E-state index in [1.165, 1.54) is 16.7 Å². The maximum atomic E-state index is 12.4. The number of nitrogens with one attached hydrogen (secondary N) is 1. The third kappa shape index (κ3) is 2.53. The number of amides is 2. The second-order valence-corrected chi connectivity index (χ2v) is 7.01. The van der Waals surface area contributed by atoms with Gasteiger partial charge in [0.05, 0.1) is 6.61 Å². The minimum atomic E-state index is -0.189. The van der Waals surface area contributed by atoms with Crippen LogP contribution >= 0.6 is 11.3 Å². The van der Waals surface area contributed by atoms with Crippen molar-refractivity contribution in [1.82, 2.24) is 10.1 Å². The molecule has 0 atom stereocenters. The van der Waals surface area contributed by atoms with Crippen molar-refractivity contribution in [2.45, 2.75) is 31.8 Å². The topological polar surface area (TPSA) is 67.6 Å². The lowest BCUT2D eigenvalue weighted by Gasteiger charge is -2.43. The first kappa shape index (κ1) is 14.7. The number of carbonyl (C=O) groups is 1. The molecule has 1 spiro atoms. The van der Waals surface area contributed by atoms with E-state index in [4.69, 9.17) is 9.26 Å². The number of aromatic nitrogens is 1. The number of nitrogens with zero attached hydrogens (tertiary/aromatic N) is 2. The Morgan fingerprint density at radius 2 is 2.26 bits per heavy atom. The molecule has 2 aromatic rings. The van der Waals surface area contributed by atoms with Crippen molar-refractivity contribution in [3.8, 4) is 0 Å². The van der Waals surface area contributed by atoms with Gasteiger partial charge < -0.3 is 19.5 Å². The molecule has 4 rings (SSSR count). The fourth-order valence-corrected chi connectivity index (χ4v) is 4.57. The normalized spacial score (nSPS) is 19.6. The number of hydrogen-bond donors (Lipinski definition) is 1. The van der Waals surface area contributed by atoms with Crippen LogP contribution in [0.3, 0.4) is 0 Å². The third-order valence-corrected chi connectivity index (χ3v) is 5.90. The van der Waals surface area contributed by atoms with Crippen LogP contribution in [0.25, 0.3) is 0 Å². The van der Waals surface area contributed by atoms with Gasteiger partial charge in [0.2, 0.25) is 0 Å². The molecule has 122 valence electrons. The maximum absolute atomic E-state index is 12.4. The number of likely N-dealkylation sites (tertiary alicyclic amines) is 1. The van der Waals surface area contributed by atoms with E-state index in [0.717, 1.165) is 25.9 Å². The van der Waals surface area contributed by atoms with Crippen LogP contribution in [-0.4, -0.2) is 35.8 Å². The molecule has 1 N–H and O–H groups in total. The quantitative estimate of drug-likeness (QED) is 0.870. The van der Waals surface area contributed by atoms with Gasteiger partial charge in [-0.3, -0.25) is 0 Å². The van der Waals surface area contributed by atoms with Crippen LogP contribution in [0.4, 0.5) is 10.5 Å². The Balaban J connectivity index is 1.44. The molecule has 2 aromatic heterocycles. The monoisotopic (exact) mass is 333 g/mol. The minimum absolute atomic E-state index is 0.103. The van der Waals surface area contributed by atoms with E-state index in [0.29, 0.717) is 24.5 Å². The minimum Gasteiger partial charge on any atom is -0.369 e. The summed E-state index contributed by atoms with van der Waals surface area (Å²) in [5.41, 5.74) is 2.54. The summed E-state index contributed by atoms with van der Waals surface area (Å²) in [5, 5.41) is 8.78. The molecule has 6 nitrogen and oxygen atoms in total. The standard InChI is InChI=1S/C16H19N3O3S/c1-11-13(10-22-18-11)17-15(20)19-6-4-16(5-7-19)14-12(2-8-21-16)3-9-23-14/h3,9-10H,2,4-8H2,1H3,(H,17,20). The summed E-state index contributed by atoms with van der Waals surface area (Å²) in [7, 11) is 0. The van der Waals surface area contributed by atoms with Crippen LogP contribution in [0, 0.1) is 6.92 Å². The first-order valence-electron chi connectivity index (χ1n) is 7.86. The molecule has 2 aliphatic rings. The van der Waals surface area contributed by atoms with E-state index in [-0.39, 0.29) is 11.6 Å². The summed E-state index contributed by atoms with van der Waals surface area (Å²) in [6.45, 7) is 3.95. The van der Waals surface area contributed by atoms with Crippen LogP contribution in [0.2, 0.25) is 0 Å². The third-order valence-electron chi connectivity index (χ3n) is 4.76. The Morgan fingerprint density at radius 1 is 1.43 bits per heavy atom. The number of ether oxygens (including phenoxy) is 1. The van der Waals surface area contributed by atoms with E-state index < -0.39 is 0 Å². The van der Waals surface area contributed by atoms with Crippen LogP contribution in [0.15, 0.2) is 22.2 Å². The Bertz CT molecular complexity index is 716. The average molecular weight is 333 g/mol. The van der Waals surface area contributed by atoms with Crippen molar-refractivity contribution in [3.63, 3.8) is 0 Å². The van der Waals surface area contributed by atoms with E-state index in [1.807, 2.05) is 4.90 Å². The SMILES string of the molecule is Cc1nocc1NC(=O)N1CCC2(CC1)OCCc1ccsc12. The smallest absolute Gasteiger partial charge is 0.321 e. The van der Waals surface area contributed by atoms with Crippen LogP contribution in [0.1, 0.15) is 29.0 Å². The lowest BCUT2D eigenvalue weighted by molar-refractivity contribution is -0.0891. The molecule has 0 bridgehead atoms. The summed E-state index contributed by atoms with van der Waals surface area (Å²) in [5.74, 6) is 0. The first-order chi connectivity index (χ1) is 11.2. The van der Waals surface area contributed by atoms with E-state index >= 15 is 0 Å². The summed E-state index contributed by atoms with van der Waals surface area (Å²) in [6, 6.07) is 2.10. The molecule has 1 fully saturated rings. The van der Waals surface area contributed by atoms with Gasteiger partial charge in [-0.05, 0) is 43.2 Å². The zero-order chi connectivity index (χ0) is 15.9. The lowest BCUT2D eigenvalue weighted by Crippen LogP contribution is -2.49. The second-order valence-electron chi connectivity index (χ2n) is 6.10. The van der Waals surface area contributed by atoms with Gasteiger partial charge >= 0.3 is 6.03 Å². The fourth-order valence-electron chi connectivity index (χ4n) is 3.40. The molecular weight excluding hydrogens is 314 g/mol. The van der Waals surface area contributed by atoms with Gasteiger partial charge in [-0.1, -0.05) is 5.16 Å². The molecule has 0 unspecified atom stereocenters. The molecule has 2 aliphatic heterocycles. The number of urea groups is 1. The number of rotatable bonds is 1. The molecule has 0 aliphatic carbocycles. The van der Waals surface area contributed by atoms with Crippen molar-refractivity contribution < 1.29 is 14.1 Å². The van der Waals surface area contributed by atoms with E-state index in [2.05, 4.69) is 21.9 Å². The molecule has 0 radical (unpaired) electrons. The Hall–Kier alpha value is -1.86. The highest BCUT2D eigenvalue weighted by Gasteiger charge is 2.42. The Kier molecular flexibility index (Phi) is 3.61. The Labute approximate surface area is 138 Å². The number of carbonyl (C=O) groups excluding carboxylic acids is 1. The van der Waals surface area contributed by atoms with Gasteiger partial charge in [0.15, 0.2) is 0 Å². The average Bonchev–Trinajstić information content (AvgIpc) is 3.19. The zero-order valence-electron chi connectivity index (χ0n) is 13.0. The summed E-state index contributed by atoms with van der Waals surface area (Å²) in [4.78, 5) is 15.6. The highest BCUT2D eigenvalue weighted by molar-refractivity contribution is 7.10. The van der Waals surface area contributed by atoms with Crippen molar-refractivity contribution in [2.24, 2.45) is 0 Å². The Morgan fingerprint density at radius 3 is 3.00 bits per heavy atom. The number of hydrogen-bond acceptors (Lipinski definition) is 5. The fraction of sp³-hybridized carbons (Fsp3) is 0.500. The first-order valence-corrected chi connectivity index (χ1v) is 8.74. The molecular formula is C16H19N3O3S. The van der Waals surface area contributed by atoms with Gasteiger partial charge in [0, 0.05) is 18.0 Å². The van der Waals surface area contributed by atoms with Crippen LogP contribution in [0.5, 0.6) is 0 Å². The van der Waals surface area contributed by atoms with Gasteiger partial charge in [0.1, 0.15) is 23.2 Å². The van der Waals surface area contributed by atoms with Gasteiger partial charge in [-0.25, -0.2) is 4.79 Å². The second kappa shape index (κ2) is 5.65. The van der Waals surface area contributed by atoms with Gasteiger partial charge in [-0.15, -0.1) is 11.3 Å². The highest BCUT2D eigenvalue weighted by Crippen LogP contribution is 2.44. The van der Waals surface area contributed by atoms with E-state index in [1.54, 1.807) is 18.3 Å². The summed E-state index contributed by atoms with van der Waals surface area (Å²) in [6.07, 6.45) is 4.14. The van der Waals surface area contributed by atoms with Crippen molar-refractivity contribution in [1.29, 1.82) is 0 Å². The number of aryl methyl sites for hydroxylation is 1. The van der Waals surface area contributed by atoms with Crippen LogP contribution < -0.4 is 5.32 Å². The molecule has 7 heteroatoms. The maximum Gasteiger partial charge on any atom is 0.321 e. The molecule has 23 heavy (non-hydrogen) atoms. The zero-order valence-corrected chi connectivity index (χ0v) is 13.8. The number of thiophene rings is 1. The number of fused-ring (bicyclic) bond motifs is 2. The molecule has 0 saturated carbocycles. The number of anilines is 1. The molecule has 1 saturated heterocycles. The molecule has 2 amide bonds.